The molecule has 0 saturated heterocycles. The highest BCUT2D eigenvalue weighted by molar-refractivity contribution is 5.95. The molecule has 0 aliphatic carbocycles. The van der Waals surface area contributed by atoms with Crippen molar-refractivity contribution in [1.82, 2.24) is 0 Å². The second kappa shape index (κ2) is 11.2. The summed E-state index contributed by atoms with van der Waals surface area (Å²) in [7, 11) is 0. The smallest absolute Gasteiger partial charge is 0.151 e. The maximum Gasteiger partial charge on any atom is 0.151 e. The standard InChI is InChI=1S/C31H26N6O4/c1-17-4-6-21(7-5-17)32-35-26-16-29(40)27(13-18(26)2)36-37-30-19(3)12-20-14-22(8-10-24(20)31(30)41)33-34-25-11-9-23(38)15-28(25)39/h4-16,38-41H,1-3H3. The molecule has 4 N–H and O–H groups in total. The number of rotatable bonds is 6. The van der Waals surface area contributed by atoms with Crippen LogP contribution in [0.25, 0.3) is 10.8 Å². The Balaban J connectivity index is 1.39. The highest BCUT2D eigenvalue weighted by Crippen LogP contribution is 2.42. The number of phenols is 4. The molecule has 0 spiro atoms. The monoisotopic (exact) mass is 546 g/mol. The minimum Gasteiger partial charge on any atom is -0.508 e. The minimum absolute atomic E-state index is 0.0665. The van der Waals surface area contributed by atoms with Crippen LogP contribution in [0, 0.1) is 20.8 Å². The van der Waals surface area contributed by atoms with Gasteiger partial charge in [-0.25, -0.2) is 0 Å². The number of hydrogen-bond acceptors (Lipinski definition) is 10. The molecule has 0 radical (unpaired) electrons. The lowest BCUT2D eigenvalue weighted by Gasteiger charge is -2.08. The molecule has 0 fully saturated rings. The van der Waals surface area contributed by atoms with Gasteiger partial charge in [-0.15, -0.1) is 15.3 Å². The first-order valence-corrected chi connectivity index (χ1v) is 12.6. The summed E-state index contributed by atoms with van der Waals surface area (Å²) in [6.45, 7) is 5.61. The van der Waals surface area contributed by atoms with Crippen molar-refractivity contribution in [2.75, 3.05) is 0 Å². The van der Waals surface area contributed by atoms with Gasteiger partial charge in [0.1, 0.15) is 34.3 Å². The topological polar surface area (TPSA) is 155 Å². The molecule has 204 valence electrons. The maximum atomic E-state index is 11.0. The van der Waals surface area contributed by atoms with Crippen LogP contribution >= 0.6 is 0 Å². The first-order chi connectivity index (χ1) is 19.7. The average Bonchev–Trinajstić information content (AvgIpc) is 2.94. The predicted octanol–water partition coefficient (Wildman–Crippen LogP) is 9.83. The fourth-order valence-corrected chi connectivity index (χ4v) is 4.08. The average molecular weight is 547 g/mol. The predicted molar refractivity (Wildman–Crippen MR) is 157 cm³/mol. The van der Waals surface area contributed by atoms with E-state index in [-0.39, 0.29) is 40.1 Å². The van der Waals surface area contributed by atoms with Gasteiger partial charge in [0.05, 0.1) is 17.1 Å². The zero-order valence-electron chi connectivity index (χ0n) is 22.5. The lowest BCUT2D eigenvalue weighted by atomic mass is 10.0. The summed E-state index contributed by atoms with van der Waals surface area (Å²) in [6.07, 6.45) is 0. The van der Waals surface area contributed by atoms with Gasteiger partial charge in [-0.1, -0.05) is 17.7 Å². The Morgan fingerprint density at radius 3 is 1.90 bits per heavy atom. The van der Waals surface area contributed by atoms with E-state index in [1.165, 1.54) is 24.3 Å². The number of hydrogen-bond donors (Lipinski definition) is 4. The molecular formula is C31H26N6O4. The molecule has 0 aliphatic rings. The molecule has 41 heavy (non-hydrogen) atoms. The molecule has 0 bridgehead atoms. The molecule has 5 rings (SSSR count). The Labute approximate surface area is 235 Å². The Morgan fingerprint density at radius 2 is 1.15 bits per heavy atom. The van der Waals surface area contributed by atoms with Crippen molar-refractivity contribution in [3.8, 4) is 23.0 Å². The van der Waals surface area contributed by atoms with Gasteiger partial charge in [0.2, 0.25) is 0 Å². The van der Waals surface area contributed by atoms with E-state index in [0.717, 1.165) is 11.1 Å². The van der Waals surface area contributed by atoms with E-state index in [1.54, 1.807) is 31.2 Å². The molecule has 0 saturated carbocycles. The molecule has 0 aliphatic heterocycles. The number of nitrogens with zero attached hydrogens (tertiary/aromatic N) is 6. The summed E-state index contributed by atoms with van der Waals surface area (Å²) in [5.74, 6) is -0.456. The van der Waals surface area contributed by atoms with Crippen LogP contribution in [0.2, 0.25) is 0 Å². The van der Waals surface area contributed by atoms with Crippen LogP contribution in [0.5, 0.6) is 23.0 Å². The summed E-state index contributed by atoms with van der Waals surface area (Å²) in [5.41, 5.74) is 4.92. The van der Waals surface area contributed by atoms with Gasteiger partial charge >= 0.3 is 0 Å². The highest BCUT2D eigenvalue weighted by Gasteiger charge is 2.12. The molecule has 5 aromatic rings. The van der Waals surface area contributed by atoms with E-state index < -0.39 is 0 Å². The Kier molecular flexibility index (Phi) is 7.38. The van der Waals surface area contributed by atoms with E-state index in [2.05, 4.69) is 30.7 Å². The van der Waals surface area contributed by atoms with Crippen LogP contribution in [0.4, 0.5) is 34.1 Å². The number of phenolic OH excluding ortho intramolecular Hbond substituents is 4. The summed E-state index contributed by atoms with van der Waals surface area (Å²) < 4.78 is 0. The molecule has 5 aromatic carbocycles. The van der Waals surface area contributed by atoms with Crippen molar-refractivity contribution < 1.29 is 20.4 Å². The Hall–Kier alpha value is -5.64. The van der Waals surface area contributed by atoms with Gasteiger partial charge in [-0.2, -0.15) is 15.3 Å². The summed E-state index contributed by atoms with van der Waals surface area (Å²) in [5, 5.41) is 67.2. The van der Waals surface area contributed by atoms with Gasteiger partial charge in [0.25, 0.3) is 0 Å². The quantitative estimate of drug-likeness (QED) is 0.156. The van der Waals surface area contributed by atoms with Crippen LogP contribution in [0.3, 0.4) is 0 Å². The van der Waals surface area contributed by atoms with Crippen molar-refractivity contribution >= 4 is 44.9 Å². The van der Waals surface area contributed by atoms with E-state index in [4.69, 9.17) is 0 Å². The number of aromatic hydroxyl groups is 4. The van der Waals surface area contributed by atoms with E-state index >= 15 is 0 Å². The molecule has 0 unspecified atom stereocenters. The van der Waals surface area contributed by atoms with Crippen molar-refractivity contribution in [2.45, 2.75) is 20.8 Å². The van der Waals surface area contributed by atoms with E-state index in [9.17, 15) is 20.4 Å². The first kappa shape index (κ1) is 26.9. The fourth-order valence-electron chi connectivity index (χ4n) is 4.08. The summed E-state index contributed by atoms with van der Waals surface area (Å²) in [4.78, 5) is 0. The molecule has 0 heterocycles. The second-order valence-electron chi connectivity index (χ2n) is 9.53. The van der Waals surface area contributed by atoms with Crippen LogP contribution in [-0.2, 0) is 0 Å². The van der Waals surface area contributed by atoms with Crippen LogP contribution in [0.1, 0.15) is 16.7 Å². The third kappa shape index (κ3) is 6.01. The second-order valence-corrected chi connectivity index (χ2v) is 9.53. The third-order valence-electron chi connectivity index (χ3n) is 6.35. The molecule has 0 atom stereocenters. The SMILES string of the molecule is Cc1ccc(N=Nc2cc(O)c(N=Nc3c(C)cc4cc(N=Nc5ccc(O)cc5O)ccc4c3O)cc2C)cc1. The Bertz CT molecular complexity index is 1860. The first-order valence-electron chi connectivity index (χ1n) is 12.6. The van der Waals surface area contributed by atoms with Crippen molar-refractivity contribution in [3.63, 3.8) is 0 Å². The van der Waals surface area contributed by atoms with Gasteiger partial charge in [-0.05, 0) is 91.9 Å². The fraction of sp³-hybridized carbons (Fsp3) is 0.0968. The lowest BCUT2D eigenvalue weighted by Crippen LogP contribution is -1.81. The van der Waals surface area contributed by atoms with Crippen molar-refractivity contribution in [2.24, 2.45) is 30.7 Å². The largest absolute Gasteiger partial charge is 0.508 e. The number of fused-ring (bicyclic) bond motifs is 1. The van der Waals surface area contributed by atoms with Gasteiger partial charge in [-0.3, -0.25) is 0 Å². The molecule has 0 amide bonds. The van der Waals surface area contributed by atoms with Crippen LogP contribution < -0.4 is 0 Å². The molecule has 10 heteroatoms. The van der Waals surface area contributed by atoms with Crippen molar-refractivity contribution in [3.05, 3.63) is 95.6 Å². The maximum absolute atomic E-state index is 11.0. The van der Waals surface area contributed by atoms with Crippen LogP contribution in [0.15, 0.2) is 110 Å². The minimum atomic E-state index is -0.194. The molecule has 0 aromatic heterocycles. The van der Waals surface area contributed by atoms with Gasteiger partial charge in [0.15, 0.2) is 5.75 Å². The molecular weight excluding hydrogens is 520 g/mol. The van der Waals surface area contributed by atoms with E-state index in [1.807, 2.05) is 44.2 Å². The lowest BCUT2D eigenvalue weighted by molar-refractivity contribution is 0.451. The molecule has 10 nitrogen and oxygen atoms in total. The van der Waals surface area contributed by atoms with Gasteiger partial charge in [0, 0.05) is 17.5 Å². The summed E-state index contributed by atoms with van der Waals surface area (Å²) in [6, 6.07) is 21.7. The highest BCUT2D eigenvalue weighted by atomic mass is 16.3. The zero-order valence-corrected chi connectivity index (χ0v) is 22.5. The number of aryl methyl sites for hydroxylation is 3. The van der Waals surface area contributed by atoms with E-state index in [0.29, 0.717) is 33.4 Å². The van der Waals surface area contributed by atoms with Gasteiger partial charge < -0.3 is 20.4 Å². The summed E-state index contributed by atoms with van der Waals surface area (Å²) >= 11 is 0. The normalized spacial score (nSPS) is 11.9. The number of azo groups is 3. The zero-order chi connectivity index (χ0) is 29.1. The van der Waals surface area contributed by atoms with Crippen LogP contribution in [-0.4, -0.2) is 20.4 Å². The number of benzene rings is 5. The Morgan fingerprint density at radius 1 is 0.488 bits per heavy atom. The van der Waals surface area contributed by atoms with Crippen molar-refractivity contribution in [1.29, 1.82) is 0 Å². The third-order valence-corrected chi connectivity index (χ3v) is 6.35.